The Morgan fingerprint density at radius 3 is 2.38 bits per heavy atom. The third kappa shape index (κ3) is 6.95. The van der Waals surface area contributed by atoms with Gasteiger partial charge in [-0.05, 0) is 98.2 Å². The number of aryl methyl sites for hydroxylation is 1. The Kier molecular flexibility index (Phi) is 9.58. The molecule has 0 radical (unpaired) electrons. The average Bonchev–Trinajstić information content (AvgIpc) is 3.55. The second-order valence-corrected chi connectivity index (χ2v) is 17.8. The smallest absolute Gasteiger partial charge is 0.229 e. The zero-order chi connectivity index (χ0) is 35.0. The zero-order valence-corrected chi connectivity index (χ0v) is 31.8. The first-order chi connectivity index (χ1) is 24.1. The highest BCUT2D eigenvalue weighted by Gasteiger charge is 2.38. The van der Waals surface area contributed by atoms with Gasteiger partial charge in [-0.2, -0.15) is 10.1 Å². The molecule has 2 N–H and O–H groups in total. The maximum absolute atomic E-state index is 13.5. The molecule has 2 fully saturated rings. The fourth-order valence-corrected chi connectivity index (χ4v) is 9.07. The molecule has 0 saturated carbocycles. The van der Waals surface area contributed by atoms with Crippen molar-refractivity contribution in [1.82, 2.24) is 34.6 Å². The fraction of sp³-hybridized carbons (Fsp3) is 0.417. The number of ether oxygens (including phenoxy) is 1. The van der Waals surface area contributed by atoms with Crippen LogP contribution in [0.4, 0.5) is 28.8 Å². The van der Waals surface area contributed by atoms with E-state index in [9.17, 15) is 4.57 Å². The number of hydrogen-bond donors (Lipinski definition) is 2. The Bertz CT molecular complexity index is 2060. The van der Waals surface area contributed by atoms with Crippen LogP contribution in [0.2, 0.25) is 0 Å². The van der Waals surface area contributed by atoms with Gasteiger partial charge in [-0.15, -0.1) is 0 Å². The molecule has 2 saturated heterocycles. The summed E-state index contributed by atoms with van der Waals surface area (Å²) < 4.78 is 22.0. The Morgan fingerprint density at radius 1 is 0.960 bits per heavy atom. The van der Waals surface area contributed by atoms with Crippen LogP contribution in [0, 0.1) is 5.41 Å². The summed E-state index contributed by atoms with van der Waals surface area (Å²) in [5.74, 6) is 1.57. The Labute approximate surface area is 301 Å². The van der Waals surface area contributed by atoms with Gasteiger partial charge in [0.1, 0.15) is 24.2 Å². The maximum Gasteiger partial charge on any atom is 0.229 e. The Morgan fingerprint density at radius 2 is 1.70 bits per heavy atom. The van der Waals surface area contributed by atoms with Crippen molar-refractivity contribution in [2.24, 2.45) is 12.5 Å². The lowest BCUT2D eigenvalue weighted by Crippen LogP contribution is -2.46. The summed E-state index contributed by atoms with van der Waals surface area (Å²) in [6.45, 7) is 11.3. The molecule has 3 aromatic heterocycles. The molecule has 2 aromatic carbocycles. The van der Waals surface area contributed by atoms with Crippen molar-refractivity contribution in [2.45, 2.75) is 32.6 Å². The van der Waals surface area contributed by atoms with E-state index < -0.39 is 7.14 Å². The summed E-state index contributed by atoms with van der Waals surface area (Å²) >= 11 is 3.60. The highest BCUT2D eigenvalue weighted by Crippen LogP contribution is 2.46. The van der Waals surface area contributed by atoms with Gasteiger partial charge in [0, 0.05) is 67.8 Å². The number of nitrogens with one attached hydrogen (secondary N) is 2. The number of fused-ring (bicyclic) bond motifs is 1. The minimum Gasteiger partial charge on any atom is -0.494 e. The largest absolute Gasteiger partial charge is 0.494 e. The van der Waals surface area contributed by atoms with Crippen LogP contribution in [0.25, 0.3) is 22.2 Å². The normalized spacial score (nSPS) is 16.6. The molecule has 262 valence electrons. The van der Waals surface area contributed by atoms with Gasteiger partial charge in [-0.25, -0.2) is 4.98 Å². The number of hydrogen-bond acceptors (Lipinski definition) is 11. The van der Waals surface area contributed by atoms with E-state index in [4.69, 9.17) is 9.72 Å². The number of nitrogens with zero attached hydrogens (tertiary/aromatic N) is 8. The number of halogens is 1. The lowest BCUT2D eigenvalue weighted by molar-refractivity contribution is 0.0831. The summed E-state index contributed by atoms with van der Waals surface area (Å²) in [7, 11) is 0.863. The number of rotatable bonds is 9. The van der Waals surface area contributed by atoms with Gasteiger partial charge < -0.3 is 29.7 Å². The first kappa shape index (κ1) is 34.4. The lowest BCUT2D eigenvalue weighted by atomic mass is 9.71. The maximum atomic E-state index is 13.5. The molecule has 1 spiro atoms. The van der Waals surface area contributed by atoms with Crippen LogP contribution in [-0.4, -0.2) is 87.8 Å². The molecular weight excluding hydrogens is 715 g/mol. The van der Waals surface area contributed by atoms with Crippen LogP contribution in [0.1, 0.15) is 32.6 Å². The molecule has 2 aliphatic rings. The molecule has 0 aliphatic carbocycles. The molecule has 7 rings (SSSR count). The molecule has 0 unspecified atom stereocenters. The van der Waals surface area contributed by atoms with E-state index in [1.165, 1.54) is 38.8 Å². The molecule has 5 aromatic rings. The predicted molar refractivity (Wildman–Crippen MR) is 205 cm³/mol. The van der Waals surface area contributed by atoms with Gasteiger partial charge in [0.15, 0.2) is 0 Å². The Balaban J connectivity index is 1.19. The van der Waals surface area contributed by atoms with E-state index >= 15 is 0 Å². The van der Waals surface area contributed by atoms with Crippen molar-refractivity contribution in [3.8, 4) is 16.9 Å². The van der Waals surface area contributed by atoms with Gasteiger partial charge in [0.2, 0.25) is 5.95 Å². The zero-order valence-electron chi connectivity index (χ0n) is 29.3. The second kappa shape index (κ2) is 13.9. The molecule has 2 aliphatic heterocycles. The molecule has 0 bridgehead atoms. The quantitative estimate of drug-likeness (QED) is 0.151. The van der Waals surface area contributed by atoms with Gasteiger partial charge in [0.25, 0.3) is 0 Å². The van der Waals surface area contributed by atoms with Crippen molar-refractivity contribution in [3.63, 3.8) is 0 Å². The highest BCUT2D eigenvalue weighted by atomic mass is 79.9. The second-order valence-electron chi connectivity index (χ2n) is 13.8. The van der Waals surface area contributed by atoms with E-state index in [1.807, 2.05) is 36.3 Å². The van der Waals surface area contributed by atoms with Crippen molar-refractivity contribution < 1.29 is 9.30 Å². The van der Waals surface area contributed by atoms with E-state index in [2.05, 4.69) is 75.5 Å². The van der Waals surface area contributed by atoms with Crippen LogP contribution in [0.5, 0.6) is 5.75 Å². The third-order valence-electron chi connectivity index (χ3n) is 10.3. The summed E-state index contributed by atoms with van der Waals surface area (Å²) in [5, 5.41) is 11.9. The lowest BCUT2D eigenvalue weighted by Gasteiger charge is -2.47. The van der Waals surface area contributed by atoms with Gasteiger partial charge >= 0.3 is 0 Å². The van der Waals surface area contributed by atoms with Crippen LogP contribution in [0.3, 0.4) is 0 Å². The number of piperidine rings is 2. The van der Waals surface area contributed by atoms with Gasteiger partial charge in [0.05, 0.1) is 40.0 Å². The summed E-state index contributed by atoms with van der Waals surface area (Å²) in [6.07, 6.45) is 13.8. The van der Waals surface area contributed by atoms with E-state index in [-0.39, 0.29) is 0 Å². The van der Waals surface area contributed by atoms with Crippen LogP contribution in [0.15, 0.2) is 59.7 Å². The monoisotopic (exact) mass is 758 g/mol. The molecule has 0 atom stereocenters. The standard InChI is InChI=1S/C36H44BrN10O2P/c1-6-46-15-9-36(10-16-46)11-17-47(18-12-36)30-20-31(49-3)29(19-25(30)24-21-41-45(2)23-24)43-35-40-22-26(37)34(44-35)42-28-8-7-27-32(39-14-13-38-27)33(28)50(4,5)48/h7-8,13-14,19-23H,6,9-12,15-18H2,1-5H3,(H2,40,42,43,44). The first-order valence-electron chi connectivity index (χ1n) is 17.1. The fourth-order valence-electron chi connectivity index (χ4n) is 7.39. The number of benzene rings is 2. The van der Waals surface area contributed by atoms with Crippen LogP contribution in [-0.2, 0) is 11.6 Å². The van der Waals surface area contributed by atoms with Crippen molar-refractivity contribution in [1.29, 1.82) is 0 Å². The average molecular weight is 760 g/mol. The topological polar surface area (TPSA) is 126 Å². The number of aromatic nitrogens is 6. The molecule has 14 heteroatoms. The summed E-state index contributed by atoms with van der Waals surface area (Å²) in [6, 6.07) is 7.97. The number of methoxy groups -OCH3 is 1. The van der Waals surface area contributed by atoms with Crippen molar-refractivity contribution in [3.05, 3.63) is 59.7 Å². The van der Waals surface area contributed by atoms with E-state index in [0.29, 0.717) is 49.4 Å². The van der Waals surface area contributed by atoms with Gasteiger partial charge in [-0.3, -0.25) is 14.6 Å². The first-order valence-corrected chi connectivity index (χ1v) is 20.5. The van der Waals surface area contributed by atoms with Gasteiger partial charge in [-0.1, -0.05) is 6.92 Å². The molecular formula is C36H44BrN10O2P. The van der Waals surface area contributed by atoms with Crippen LogP contribution < -0.4 is 25.6 Å². The van der Waals surface area contributed by atoms with Crippen molar-refractivity contribution in [2.75, 3.05) is 68.7 Å². The molecule has 5 heterocycles. The van der Waals surface area contributed by atoms with Crippen molar-refractivity contribution >= 4 is 68.2 Å². The number of likely N-dealkylation sites (tertiary alicyclic amines) is 1. The SMILES string of the molecule is CCN1CCC2(CC1)CCN(c1cc(OC)c(Nc3ncc(Br)c(Nc4ccc5nccnc5c4P(C)(C)=O)n3)cc1-c1cnn(C)c1)CC2. The van der Waals surface area contributed by atoms with Crippen LogP contribution >= 0.6 is 23.1 Å². The van der Waals surface area contributed by atoms with E-state index in [0.717, 1.165) is 42.1 Å². The minimum atomic E-state index is -2.76. The summed E-state index contributed by atoms with van der Waals surface area (Å²) in [4.78, 5) is 23.4. The van der Waals surface area contributed by atoms with E-state index in [1.54, 1.807) is 39.0 Å². The summed E-state index contributed by atoms with van der Waals surface area (Å²) in [5.41, 5.74) is 6.34. The third-order valence-corrected chi connectivity index (χ3v) is 12.4. The number of anilines is 5. The minimum absolute atomic E-state index is 0.371. The molecule has 12 nitrogen and oxygen atoms in total. The highest BCUT2D eigenvalue weighted by molar-refractivity contribution is 9.10. The molecule has 50 heavy (non-hydrogen) atoms. The molecule has 0 amide bonds. The predicted octanol–water partition coefficient (Wildman–Crippen LogP) is 7.03. The Hall–Kier alpha value is -4.06.